The molecule has 0 aliphatic rings. The van der Waals surface area contributed by atoms with Gasteiger partial charge in [0.1, 0.15) is 5.76 Å². The lowest BCUT2D eigenvalue weighted by Gasteiger charge is -2.05. The molecule has 0 aromatic carbocycles. The maximum absolute atomic E-state index is 12.0. The van der Waals surface area contributed by atoms with Crippen molar-refractivity contribution in [2.45, 2.75) is 13.3 Å². The van der Waals surface area contributed by atoms with Gasteiger partial charge in [-0.15, -0.1) is 11.3 Å². The first-order valence-electron chi connectivity index (χ1n) is 7.72. The van der Waals surface area contributed by atoms with E-state index in [1.807, 2.05) is 17.5 Å². The molecule has 0 atom stereocenters. The molecular weight excluding hydrogens is 342 g/mol. The molecule has 0 unspecified atom stereocenters. The Kier molecular flexibility index (Phi) is 5.30. The molecule has 0 saturated carbocycles. The number of aromatic nitrogens is 1. The topological polar surface area (TPSA) is 97.4 Å². The summed E-state index contributed by atoms with van der Waals surface area (Å²) < 4.78 is 10.6. The van der Waals surface area contributed by atoms with E-state index in [1.54, 1.807) is 19.1 Å². The zero-order valence-electron chi connectivity index (χ0n) is 13.6. The van der Waals surface area contributed by atoms with Crippen molar-refractivity contribution in [3.8, 4) is 10.8 Å². The summed E-state index contributed by atoms with van der Waals surface area (Å²) in [5, 5.41) is 7.34. The maximum atomic E-state index is 12.0. The van der Waals surface area contributed by atoms with Gasteiger partial charge in [-0.1, -0.05) is 6.07 Å². The van der Waals surface area contributed by atoms with Crippen LogP contribution in [-0.4, -0.2) is 29.9 Å². The molecule has 3 rings (SSSR count). The molecule has 0 radical (unpaired) electrons. The second-order valence-electron chi connectivity index (χ2n) is 5.26. The summed E-state index contributed by atoms with van der Waals surface area (Å²) >= 11 is 1.53. The predicted molar refractivity (Wildman–Crippen MR) is 92.3 cm³/mol. The van der Waals surface area contributed by atoms with Crippen molar-refractivity contribution in [1.29, 1.82) is 0 Å². The third kappa shape index (κ3) is 4.36. The second-order valence-corrected chi connectivity index (χ2v) is 6.21. The van der Waals surface area contributed by atoms with E-state index >= 15 is 0 Å². The van der Waals surface area contributed by atoms with Crippen molar-refractivity contribution in [2.75, 3.05) is 13.1 Å². The Morgan fingerprint density at radius 1 is 1.20 bits per heavy atom. The fourth-order valence-corrected chi connectivity index (χ4v) is 2.83. The molecule has 0 saturated heterocycles. The highest BCUT2D eigenvalue weighted by Gasteiger charge is 2.15. The van der Waals surface area contributed by atoms with Gasteiger partial charge in [0.2, 0.25) is 11.8 Å². The first-order valence-corrected chi connectivity index (χ1v) is 8.60. The average molecular weight is 359 g/mol. The van der Waals surface area contributed by atoms with Gasteiger partial charge in [0.15, 0.2) is 5.76 Å². The summed E-state index contributed by atoms with van der Waals surface area (Å²) in [7, 11) is 0. The normalized spacial score (nSPS) is 10.6. The van der Waals surface area contributed by atoms with E-state index in [0.29, 0.717) is 30.4 Å². The van der Waals surface area contributed by atoms with Gasteiger partial charge >= 0.3 is 0 Å². The second kappa shape index (κ2) is 7.80. The highest BCUT2D eigenvalue weighted by molar-refractivity contribution is 7.13. The quantitative estimate of drug-likeness (QED) is 0.631. The van der Waals surface area contributed by atoms with E-state index in [-0.39, 0.29) is 24.0 Å². The number of hydrogen-bond acceptors (Lipinski definition) is 6. The Labute approximate surface area is 148 Å². The highest BCUT2D eigenvalue weighted by Crippen LogP contribution is 2.25. The largest absolute Gasteiger partial charge is 0.459 e. The van der Waals surface area contributed by atoms with E-state index < -0.39 is 0 Å². The summed E-state index contributed by atoms with van der Waals surface area (Å²) in [5.41, 5.74) is 0.612. The number of hydrogen-bond donors (Lipinski definition) is 2. The molecule has 0 spiro atoms. The van der Waals surface area contributed by atoms with Crippen molar-refractivity contribution in [2.24, 2.45) is 0 Å². The number of nitrogens with one attached hydrogen (secondary N) is 2. The summed E-state index contributed by atoms with van der Waals surface area (Å²) in [6, 6.07) is 7.05. The molecule has 2 amide bonds. The number of amides is 2. The molecule has 0 aliphatic carbocycles. The van der Waals surface area contributed by atoms with Crippen molar-refractivity contribution in [3.63, 3.8) is 0 Å². The molecule has 25 heavy (non-hydrogen) atoms. The van der Waals surface area contributed by atoms with Crippen LogP contribution in [0.4, 0.5) is 0 Å². The number of furan rings is 1. The average Bonchev–Trinajstić information content (AvgIpc) is 3.33. The summed E-state index contributed by atoms with van der Waals surface area (Å²) in [5.74, 6) is 0.907. The fourth-order valence-electron chi connectivity index (χ4n) is 2.19. The van der Waals surface area contributed by atoms with Crippen LogP contribution in [0.15, 0.2) is 44.7 Å². The maximum Gasteiger partial charge on any atom is 0.287 e. The van der Waals surface area contributed by atoms with E-state index in [1.165, 1.54) is 17.6 Å². The van der Waals surface area contributed by atoms with Crippen molar-refractivity contribution >= 4 is 23.2 Å². The Balaban J connectivity index is 1.44. The molecular formula is C17H17N3O4S. The number of oxazole rings is 1. The molecule has 130 valence electrons. The van der Waals surface area contributed by atoms with Gasteiger partial charge in [0.05, 0.1) is 23.3 Å². The molecule has 2 N–H and O–H groups in total. The number of rotatable bonds is 7. The minimum Gasteiger partial charge on any atom is -0.459 e. The van der Waals surface area contributed by atoms with Gasteiger partial charge in [-0.25, -0.2) is 4.98 Å². The van der Waals surface area contributed by atoms with Crippen LogP contribution in [0.25, 0.3) is 10.8 Å². The molecule has 3 aromatic rings. The van der Waals surface area contributed by atoms with Crippen LogP contribution in [0.5, 0.6) is 0 Å². The van der Waals surface area contributed by atoms with Crippen LogP contribution >= 0.6 is 11.3 Å². The Morgan fingerprint density at radius 3 is 2.76 bits per heavy atom. The highest BCUT2D eigenvalue weighted by atomic mass is 32.1. The molecule has 7 nitrogen and oxygen atoms in total. The van der Waals surface area contributed by atoms with Gasteiger partial charge in [0, 0.05) is 13.1 Å². The Morgan fingerprint density at radius 2 is 2.04 bits per heavy atom. The van der Waals surface area contributed by atoms with Gasteiger partial charge in [-0.3, -0.25) is 9.59 Å². The van der Waals surface area contributed by atoms with Crippen LogP contribution in [0.1, 0.15) is 22.0 Å². The summed E-state index contributed by atoms with van der Waals surface area (Å²) in [6.45, 7) is 2.42. The van der Waals surface area contributed by atoms with Gasteiger partial charge in [-0.2, -0.15) is 0 Å². The standard InChI is InChI=1S/C17H17N3O4S/c1-11-12(20-17(24-11)14-5-3-9-25-14)10-15(21)18-6-7-19-16(22)13-4-2-8-23-13/h2-5,8-9H,6-7,10H2,1H3,(H,18,21)(H,19,22). The summed E-state index contributed by atoms with van der Waals surface area (Å²) in [4.78, 5) is 29.0. The van der Waals surface area contributed by atoms with Crippen LogP contribution in [0.2, 0.25) is 0 Å². The SMILES string of the molecule is Cc1oc(-c2cccs2)nc1CC(=O)NCCNC(=O)c1ccco1. The predicted octanol–water partition coefficient (Wildman–Crippen LogP) is 2.39. The van der Waals surface area contributed by atoms with E-state index in [4.69, 9.17) is 8.83 Å². The van der Waals surface area contributed by atoms with Crippen LogP contribution in [0, 0.1) is 6.92 Å². The Hall–Kier alpha value is -2.87. The minimum absolute atomic E-state index is 0.132. The number of aryl methyl sites for hydroxylation is 1. The number of carbonyl (C=O) groups is 2. The van der Waals surface area contributed by atoms with Crippen LogP contribution in [-0.2, 0) is 11.2 Å². The summed E-state index contributed by atoms with van der Waals surface area (Å²) in [6.07, 6.45) is 1.56. The van der Waals surface area contributed by atoms with Crippen molar-refractivity contribution in [1.82, 2.24) is 15.6 Å². The van der Waals surface area contributed by atoms with Crippen LogP contribution in [0.3, 0.4) is 0 Å². The zero-order valence-corrected chi connectivity index (χ0v) is 14.4. The molecule has 3 heterocycles. The zero-order chi connectivity index (χ0) is 17.6. The lowest BCUT2D eigenvalue weighted by atomic mass is 10.2. The number of carbonyl (C=O) groups excluding carboxylic acids is 2. The minimum atomic E-state index is -0.313. The smallest absolute Gasteiger partial charge is 0.287 e. The molecule has 0 aliphatic heterocycles. The van der Waals surface area contributed by atoms with Gasteiger partial charge in [-0.05, 0) is 30.5 Å². The first-order chi connectivity index (χ1) is 12.1. The van der Waals surface area contributed by atoms with E-state index in [9.17, 15) is 9.59 Å². The molecule has 0 bridgehead atoms. The fraction of sp³-hybridized carbons (Fsp3) is 0.235. The molecule has 3 aromatic heterocycles. The Bertz CT molecular complexity index is 838. The van der Waals surface area contributed by atoms with Crippen molar-refractivity contribution in [3.05, 3.63) is 53.1 Å². The third-order valence-electron chi connectivity index (χ3n) is 3.43. The molecule has 8 heteroatoms. The monoisotopic (exact) mass is 359 g/mol. The van der Waals surface area contributed by atoms with Crippen molar-refractivity contribution < 1.29 is 18.4 Å². The lowest BCUT2D eigenvalue weighted by molar-refractivity contribution is -0.120. The molecule has 0 fully saturated rings. The third-order valence-corrected chi connectivity index (χ3v) is 4.29. The van der Waals surface area contributed by atoms with E-state index in [0.717, 1.165) is 4.88 Å². The number of nitrogens with zero attached hydrogens (tertiary/aromatic N) is 1. The van der Waals surface area contributed by atoms with Gasteiger partial charge < -0.3 is 19.5 Å². The number of thiophene rings is 1. The lowest BCUT2D eigenvalue weighted by Crippen LogP contribution is -2.35. The van der Waals surface area contributed by atoms with Gasteiger partial charge in [0.25, 0.3) is 5.91 Å². The van der Waals surface area contributed by atoms with E-state index in [2.05, 4.69) is 15.6 Å². The van der Waals surface area contributed by atoms with Crippen LogP contribution < -0.4 is 10.6 Å². The first kappa shape index (κ1) is 17.0.